The first-order valence-corrected chi connectivity index (χ1v) is 8.07. The van der Waals surface area contributed by atoms with Gasteiger partial charge in [-0.2, -0.15) is 0 Å². The topological polar surface area (TPSA) is 94.6 Å². The molecule has 2 amide bonds. The van der Waals surface area contributed by atoms with E-state index in [4.69, 9.17) is 0 Å². The van der Waals surface area contributed by atoms with Gasteiger partial charge >= 0.3 is 0 Å². The van der Waals surface area contributed by atoms with Crippen LogP contribution in [0, 0.1) is 0 Å². The number of amides is 2. The molecule has 0 fully saturated rings. The number of pyridine rings is 1. The summed E-state index contributed by atoms with van der Waals surface area (Å²) in [6.07, 6.45) is 1.29. The summed E-state index contributed by atoms with van der Waals surface area (Å²) in [5.41, 5.74) is 1.71. The molecule has 2 aromatic rings. The van der Waals surface area contributed by atoms with Gasteiger partial charge in [-0.05, 0) is 18.1 Å². The number of carbonyl (C=O) groups is 2. The van der Waals surface area contributed by atoms with Crippen molar-refractivity contribution in [2.45, 2.75) is 12.5 Å². The normalized spacial score (nSPS) is 14.1. The average Bonchev–Trinajstić information content (AvgIpc) is 2.65. The molecule has 7 heteroatoms. The van der Waals surface area contributed by atoms with Crippen LogP contribution in [0.15, 0.2) is 42.6 Å². The van der Waals surface area contributed by atoms with Crippen molar-refractivity contribution in [3.8, 4) is 0 Å². The van der Waals surface area contributed by atoms with E-state index in [1.54, 1.807) is 13.1 Å². The van der Waals surface area contributed by atoms with Crippen molar-refractivity contribution < 1.29 is 14.7 Å². The van der Waals surface area contributed by atoms with Crippen LogP contribution in [0.1, 0.15) is 28.4 Å². The maximum atomic E-state index is 12.5. The summed E-state index contributed by atoms with van der Waals surface area (Å²) in [6.45, 7) is 0.571. The molecule has 1 atom stereocenters. The fourth-order valence-corrected chi connectivity index (χ4v) is 2.66. The van der Waals surface area contributed by atoms with Crippen molar-refractivity contribution in [3.05, 3.63) is 53.7 Å². The number of nitrogens with zero attached hydrogens (tertiary/aromatic N) is 2. The molecular weight excluding hydrogens is 320 g/mol. The molecule has 0 spiro atoms. The fraction of sp³-hybridized carbons (Fsp3) is 0.278. The molecule has 0 bridgehead atoms. The second-order valence-corrected chi connectivity index (χ2v) is 5.96. The van der Waals surface area contributed by atoms with Gasteiger partial charge in [0, 0.05) is 19.8 Å². The average molecular weight is 340 g/mol. The molecule has 25 heavy (non-hydrogen) atoms. The lowest BCUT2D eigenvalue weighted by Gasteiger charge is -2.21. The van der Waals surface area contributed by atoms with Crippen LogP contribution < -0.4 is 10.6 Å². The lowest BCUT2D eigenvalue weighted by Crippen LogP contribution is -2.31. The Balaban J connectivity index is 1.62. The van der Waals surface area contributed by atoms with E-state index in [0.29, 0.717) is 30.0 Å². The smallest absolute Gasteiger partial charge is 0.255 e. The molecule has 0 saturated carbocycles. The van der Waals surface area contributed by atoms with E-state index in [2.05, 4.69) is 15.6 Å². The predicted octanol–water partition coefficient (Wildman–Crippen LogP) is 1.64. The third-order valence-electron chi connectivity index (χ3n) is 4.09. The molecule has 7 nitrogen and oxygen atoms in total. The van der Waals surface area contributed by atoms with Crippen molar-refractivity contribution in [1.82, 2.24) is 9.88 Å². The van der Waals surface area contributed by atoms with Gasteiger partial charge in [-0.15, -0.1) is 0 Å². The zero-order valence-corrected chi connectivity index (χ0v) is 13.9. The Labute approximate surface area is 145 Å². The van der Waals surface area contributed by atoms with Gasteiger partial charge in [-0.3, -0.25) is 9.59 Å². The molecule has 1 unspecified atom stereocenters. The lowest BCUT2D eigenvalue weighted by molar-refractivity contribution is -0.114. The highest BCUT2D eigenvalue weighted by Gasteiger charge is 2.19. The van der Waals surface area contributed by atoms with Gasteiger partial charge in [-0.25, -0.2) is 4.98 Å². The van der Waals surface area contributed by atoms with Crippen LogP contribution in [-0.2, 0) is 4.79 Å². The van der Waals surface area contributed by atoms with Crippen molar-refractivity contribution in [3.63, 3.8) is 0 Å². The minimum absolute atomic E-state index is 0.168. The Morgan fingerprint density at radius 3 is 2.88 bits per heavy atom. The number of nitrogens with one attached hydrogen (secondary N) is 2. The predicted molar refractivity (Wildman–Crippen MR) is 94.3 cm³/mol. The van der Waals surface area contributed by atoms with Crippen molar-refractivity contribution in [2.75, 3.05) is 30.8 Å². The van der Waals surface area contributed by atoms with Gasteiger partial charge in [-0.1, -0.05) is 30.3 Å². The fourth-order valence-electron chi connectivity index (χ4n) is 2.66. The highest BCUT2D eigenvalue weighted by atomic mass is 16.3. The second-order valence-electron chi connectivity index (χ2n) is 5.96. The van der Waals surface area contributed by atoms with Crippen LogP contribution in [0.2, 0.25) is 0 Å². The minimum Gasteiger partial charge on any atom is -0.388 e. The van der Waals surface area contributed by atoms with Gasteiger partial charge < -0.3 is 20.6 Å². The molecular formula is C18H20N4O3. The summed E-state index contributed by atoms with van der Waals surface area (Å²) in [5, 5.41) is 15.8. The molecule has 0 aliphatic carbocycles. The Morgan fingerprint density at radius 1 is 1.36 bits per heavy atom. The lowest BCUT2D eigenvalue weighted by atomic mass is 10.1. The number of carbonyl (C=O) groups excluding carboxylic acids is 2. The van der Waals surface area contributed by atoms with E-state index in [0.717, 1.165) is 5.56 Å². The second kappa shape index (κ2) is 7.31. The molecule has 1 aliphatic heterocycles. The first-order chi connectivity index (χ1) is 12.0. The van der Waals surface area contributed by atoms with E-state index in [9.17, 15) is 14.7 Å². The molecule has 1 aromatic carbocycles. The van der Waals surface area contributed by atoms with Gasteiger partial charge in [0.15, 0.2) is 0 Å². The first kappa shape index (κ1) is 16.9. The number of hydrogen-bond acceptors (Lipinski definition) is 5. The van der Waals surface area contributed by atoms with E-state index < -0.39 is 6.10 Å². The molecule has 3 rings (SSSR count). The van der Waals surface area contributed by atoms with E-state index in [1.807, 2.05) is 30.3 Å². The highest BCUT2D eigenvalue weighted by molar-refractivity contribution is 6.02. The van der Waals surface area contributed by atoms with E-state index in [-0.39, 0.29) is 18.4 Å². The third kappa shape index (κ3) is 3.95. The summed E-state index contributed by atoms with van der Waals surface area (Å²) >= 11 is 0. The number of hydrogen-bond donors (Lipinski definition) is 3. The zero-order valence-electron chi connectivity index (χ0n) is 13.9. The summed E-state index contributed by atoms with van der Waals surface area (Å²) in [7, 11) is 1.68. The van der Waals surface area contributed by atoms with Crippen LogP contribution in [0.25, 0.3) is 0 Å². The largest absolute Gasteiger partial charge is 0.388 e. The highest BCUT2D eigenvalue weighted by Crippen LogP contribution is 2.23. The number of fused-ring (bicyclic) bond motifs is 1. The number of anilines is 2. The van der Waals surface area contributed by atoms with E-state index >= 15 is 0 Å². The van der Waals surface area contributed by atoms with Gasteiger partial charge in [0.2, 0.25) is 5.91 Å². The first-order valence-electron chi connectivity index (χ1n) is 8.07. The number of aromatic nitrogens is 1. The monoisotopic (exact) mass is 340 g/mol. The SMILES string of the molecule is CN(CCC(O)c1ccccc1)C(=O)c1cnc2c(c1)NC(=O)CN2. The van der Waals surface area contributed by atoms with Gasteiger partial charge in [0.25, 0.3) is 5.91 Å². The quantitative estimate of drug-likeness (QED) is 0.769. The number of rotatable bonds is 5. The van der Waals surface area contributed by atoms with Gasteiger partial charge in [0.05, 0.1) is 23.9 Å². The van der Waals surface area contributed by atoms with Crippen molar-refractivity contribution in [2.24, 2.45) is 0 Å². The summed E-state index contributed by atoms with van der Waals surface area (Å²) in [6, 6.07) is 11.0. The minimum atomic E-state index is -0.624. The third-order valence-corrected chi connectivity index (χ3v) is 4.09. The van der Waals surface area contributed by atoms with Crippen LogP contribution in [0.3, 0.4) is 0 Å². The van der Waals surface area contributed by atoms with E-state index in [1.165, 1.54) is 11.1 Å². The Hall–Kier alpha value is -2.93. The molecule has 3 N–H and O–H groups in total. The Morgan fingerprint density at radius 2 is 2.12 bits per heavy atom. The summed E-state index contributed by atoms with van der Waals surface area (Å²) in [4.78, 5) is 29.7. The van der Waals surface area contributed by atoms with Crippen molar-refractivity contribution >= 4 is 23.3 Å². The Bertz CT molecular complexity index is 779. The molecule has 0 saturated heterocycles. The van der Waals surface area contributed by atoms with Crippen LogP contribution in [0.4, 0.5) is 11.5 Å². The maximum absolute atomic E-state index is 12.5. The number of aliphatic hydroxyl groups is 1. The zero-order chi connectivity index (χ0) is 17.8. The van der Waals surface area contributed by atoms with Crippen molar-refractivity contribution in [1.29, 1.82) is 0 Å². The summed E-state index contributed by atoms with van der Waals surface area (Å²) < 4.78 is 0. The molecule has 0 radical (unpaired) electrons. The number of aliphatic hydroxyl groups excluding tert-OH is 1. The van der Waals surface area contributed by atoms with Gasteiger partial charge in [0.1, 0.15) is 5.82 Å². The molecule has 1 aromatic heterocycles. The van der Waals surface area contributed by atoms with Crippen LogP contribution in [0.5, 0.6) is 0 Å². The molecule has 130 valence electrons. The Kier molecular flexibility index (Phi) is 4.95. The standard InChI is InChI=1S/C18H20N4O3/c1-22(8-7-15(23)12-5-3-2-4-6-12)18(25)13-9-14-17(19-10-13)20-11-16(24)21-14/h2-6,9-10,15,23H,7-8,11H2,1H3,(H,19,20)(H,21,24). The number of benzene rings is 1. The van der Waals surface area contributed by atoms with Crippen LogP contribution in [-0.4, -0.2) is 46.9 Å². The van der Waals surface area contributed by atoms with Crippen LogP contribution >= 0.6 is 0 Å². The summed E-state index contributed by atoms with van der Waals surface area (Å²) in [5.74, 6) is 0.173. The molecule has 2 heterocycles. The maximum Gasteiger partial charge on any atom is 0.255 e. The molecule has 1 aliphatic rings.